The SMILES string of the molecule is c1ccc(-c2nc(-c3cccc(-c4cccc5c4-c4ccccc4C54c5ccccc5-c5ccccc54)c3)nc(-c3ccccc3-c3ccccc3)n2)cc1. The molecule has 0 atom stereocenters. The predicted octanol–water partition coefficient (Wildman–Crippen LogP) is 12.6. The quantitative estimate of drug-likeness (QED) is 0.179. The van der Waals surface area contributed by atoms with Crippen LogP contribution in [0.4, 0.5) is 0 Å². The van der Waals surface area contributed by atoms with Gasteiger partial charge in [-0.05, 0) is 72.8 Å². The van der Waals surface area contributed by atoms with Crippen molar-refractivity contribution < 1.29 is 0 Å². The van der Waals surface area contributed by atoms with Crippen molar-refractivity contribution in [3.05, 3.63) is 222 Å². The van der Waals surface area contributed by atoms with Crippen molar-refractivity contribution in [1.29, 1.82) is 0 Å². The van der Waals surface area contributed by atoms with Gasteiger partial charge in [-0.3, -0.25) is 0 Å². The molecule has 3 nitrogen and oxygen atoms in total. The van der Waals surface area contributed by atoms with Crippen LogP contribution in [0, 0.1) is 0 Å². The zero-order chi connectivity index (χ0) is 36.3. The van der Waals surface area contributed by atoms with E-state index >= 15 is 0 Å². The van der Waals surface area contributed by atoms with E-state index in [1.807, 2.05) is 24.3 Å². The van der Waals surface area contributed by atoms with Crippen LogP contribution in [-0.2, 0) is 5.41 Å². The summed E-state index contributed by atoms with van der Waals surface area (Å²) in [5.41, 5.74) is 17.5. The lowest BCUT2D eigenvalue weighted by molar-refractivity contribution is 0.794. The lowest BCUT2D eigenvalue weighted by atomic mass is 9.70. The topological polar surface area (TPSA) is 38.7 Å². The second kappa shape index (κ2) is 12.4. The zero-order valence-corrected chi connectivity index (χ0v) is 29.9. The van der Waals surface area contributed by atoms with Crippen molar-refractivity contribution in [2.45, 2.75) is 5.41 Å². The maximum atomic E-state index is 5.21. The summed E-state index contributed by atoms with van der Waals surface area (Å²) >= 11 is 0. The lowest BCUT2D eigenvalue weighted by Crippen LogP contribution is -2.25. The molecule has 0 amide bonds. The van der Waals surface area contributed by atoms with Crippen molar-refractivity contribution in [2.24, 2.45) is 0 Å². The molecule has 3 heteroatoms. The summed E-state index contributed by atoms with van der Waals surface area (Å²) in [6.45, 7) is 0. The molecule has 2 aliphatic carbocycles. The lowest BCUT2D eigenvalue weighted by Gasteiger charge is -2.30. The van der Waals surface area contributed by atoms with Gasteiger partial charge in [-0.1, -0.05) is 194 Å². The maximum absolute atomic E-state index is 5.21. The molecule has 0 radical (unpaired) electrons. The first-order chi connectivity index (χ1) is 27.3. The number of benzene rings is 8. The molecule has 0 fully saturated rings. The Kier molecular flexibility index (Phi) is 7.08. The molecule has 1 heterocycles. The van der Waals surface area contributed by atoms with E-state index in [0.717, 1.165) is 33.4 Å². The monoisotopic (exact) mass is 699 g/mol. The summed E-state index contributed by atoms with van der Waals surface area (Å²) in [7, 11) is 0. The Morgan fingerprint density at radius 1 is 0.255 bits per heavy atom. The third-order valence-corrected chi connectivity index (χ3v) is 11.4. The third-order valence-electron chi connectivity index (χ3n) is 11.4. The van der Waals surface area contributed by atoms with Crippen molar-refractivity contribution in [2.75, 3.05) is 0 Å². The molecule has 1 spiro atoms. The molecule has 55 heavy (non-hydrogen) atoms. The van der Waals surface area contributed by atoms with Gasteiger partial charge >= 0.3 is 0 Å². The van der Waals surface area contributed by atoms with Crippen LogP contribution in [0.2, 0.25) is 0 Å². The van der Waals surface area contributed by atoms with Gasteiger partial charge in [-0.15, -0.1) is 0 Å². The Hall–Kier alpha value is -7.23. The van der Waals surface area contributed by atoms with E-state index in [4.69, 9.17) is 15.0 Å². The van der Waals surface area contributed by atoms with Gasteiger partial charge in [-0.2, -0.15) is 0 Å². The molecule has 2 aliphatic rings. The molecule has 11 rings (SSSR count). The average Bonchev–Trinajstić information content (AvgIpc) is 3.75. The van der Waals surface area contributed by atoms with Crippen molar-refractivity contribution >= 4 is 0 Å². The highest BCUT2D eigenvalue weighted by Gasteiger charge is 2.51. The number of hydrogen-bond donors (Lipinski definition) is 0. The molecule has 0 saturated heterocycles. The summed E-state index contributed by atoms with van der Waals surface area (Å²) in [6.07, 6.45) is 0. The van der Waals surface area contributed by atoms with Crippen LogP contribution in [0.25, 0.3) is 78.7 Å². The van der Waals surface area contributed by atoms with E-state index in [9.17, 15) is 0 Å². The van der Waals surface area contributed by atoms with E-state index in [1.54, 1.807) is 0 Å². The molecule has 0 unspecified atom stereocenters. The Morgan fingerprint density at radius 3 is 1.35 bits per heavy atom. The fourth-order valence-corrected chi connectivity index (χ4v) is 9.10. The highest BCUT2D eigenvalue weighted by Crippen LogP contribution is 2.63. The van der Waals surface area contributed by atoms with Gasteiger partial charge in [0.2, 0.25) is 0 Å². The summed E-state index contributed by atoms with van der Waals surface area (Å²) in [4.78, 5) is 15.4. The van der Waals surface area contributed by atoms with Crippen LogP contribution < -0.4 is 0 Å². The van der Waals surface area contributed by atoms with Gasteiger partial charge in [0, 0.05) is 16.7 Å². The molecule has 0 aliphatic heterocycles. The minimum atomic E-state index is -0.396. The van der Waals surface area contributed by atoms with E-state index in [-0.39, 0.29) is 0 Å². The Labute approximate surface area is 320 Å². The molecular weight excluding hydrogens is 667 g/mol. The zero-order valence-electron chi connectivity index (χ0n) is 29.9. The van der Waals surface area contributed by atoms with Crippen LogP contribution in [0.3, 0.4) is 0 Å². The smallest absolute Gasteiger partial charge is 0.164 e. The second-order valence-electron chi connectivity index (χ2n) is 14.3. The van der Waals surface area contributed by atoms with Gasteiger partial charge in [-0.25, -0.2) is 15.0 Å². The molecule has 1 aromatic heterocycles. The second-order valence-corrected chi connectivity index (χ2v) is 14.3. The van der Waals surface area contributed by atoms with E-state index in [2.05, 4.69) is 176 Å². The fraction of sp³-hybridized carbons (Fsp3) is 0.0192. The highest BCUT2D eigenvalue weighted by molar-refractivity contribution is 6.00. The molecule has 0 bridgehead atoms. The average molecular weight is 700 g/mol. The molecule has 0 N–H and O–H groups in total. The van der Waals surface area contributed by atoms with Crippen LogP contribution >= 0.6 is 0 Å². The standard InChI is InChI=1S/C52H33N3/c1-3-17-34(18-4-1)38-23-7-8-26-42(38)51-54-49(35-19-5-2-6-20-35)53-50(55-51)37-22-15-21-36(33-37)39-28-16-32-47-48(39)43-27-11-14-31-46(43)52(47)44-29-12-9-24-40(44)41-25-10-13-30-45(41)52/h1-33H. The van der Waals surface area contributed by atoms with Crippen LogP contribution in [0.15, 0.2) is 200 Å². The summed E-state index contributed by atoms with van der Waals surface area (Å²) in [5.74, 6) is 1.92. The summed E-state index contributed by atoms with van der Waals surface area (Å²) in [5, 5.41) is 0. The van der Waals surface area contributed by atoms with Crippen LogP contribution in [-0.4, -0.2) is 15.0 Å². The first-order valence-corrected chi connectivity index (χ1v) is 18.8. The predicted molar refractivity (Wildman–Crippen MR) is 223 cm³/mol. The Morgan fingerprint density at radius 2 is 0.673 bits per heavy atom. The van der Waals surface area contributed by atoms with Crippen LogP contribution in [0.1, 0.15) is 22.3 Å². The third kappa shape index (κ3) is 4.73. The van der Waals surface area contributed by atoms with Gasteiger partial charge in [0.1, 0.15) is 0 Å². The molecule has 9 aromatic rings. The first kappa shape index (κ1) is 31.3. The minimum Gasteiger partial charge on any atom is -0.208 e. The fourth-order valence-electron chi connectivity index (χ4n) is 9.10. The normalized spacial score (nSPS) is 12.9. The van der Waals surface area contributed by atoms with Gasteiger partial charge < -0.3 is 0 Å². The van der Waals surface area contributed by atoms with Crippen LogP contribution in [0.5, 0.6) is 0 Å². The van der Waals surface area contributed by atoms with E-state index in [0.29, 0.717) is 17.5 Å². The number of aromatic nitrogens is 3. The van der Waals surface area contributed by atoms with E-state index in [1.165, 1.54) is 50.1 Å². The van der Waals surface area contributed by atoms with Crippen molar-refractivity contribution in [1.82, 2.24) is 15.0 Å². The van der Waals surface area contributed by atoms with Gasteiger partial charge in [0.15, 0.2) is 17.5 Å². The number of fused-ring (bicyclic) bond motifs is 10. The highest BCUT2D eigenvalue weighted by atomic mass is 15.0. The number of rotatable bonds is 5. The van der Waals surface area contributed by atoms with Crippen molar-refractivity contribution in [3.8, 4) is 78.7 Å². The maximum Gasteiger partial charge on any atom is 0.164 e. The molecule has 8 aromatic carbocycles. The summed E-state index contributed by atoms with van der Waals surface area (Å²) in [6, 6.07) is 71.4. The molecule has 0 saturated carbocycles. The first-order valence-electron chi connectivity index (χ1n) is 18.8. The van der Waals surface area contributed by atoms with Crippen molar-refractivity contribution in [3.63, 3.8) is 0 Å². The van der Waals surface area contributed by atoms with Gasteiger partial charge in [0.05, 0.1) is 5.41 Å². The molecular formula is C52H33N3. The number of hydrogen-bond acceptors (Lipinski definition) is 3. The minimum absolute atomic E-state index is 0.396. The number of nitrogens with zero attached hydrogens (tertiary/aromatic N) is 3. The van der Waals surface area contributed by atoms with Gasteiger partial charge in [0.25, 0.3) is 0 Å². The largest absolute Gasteiger partial charge is 0.208 e. The van der Waals surface area contributed by atoms with E-state index < -0.39 is 5.41 Å². The Bertz CT molecular complexity index is 2890. The Balaban J connectivity index is 1.11. The summed E-state index contributed by atoms with van der Waals surface area (Å²) < 4.78 is 0. The molecule has 256 valence electrons.